The molecule has 3 atom stereocenters. The predicted octanol–water partition coefficient (Wildman–Crippen LogP) is -1.60. The number of rotatable bonds is 1. The van der Waals surface area contributed by atoms with Gasteiger partial charge >= 0.3 is 20.4 Å². The second-order valence-electron chi connectivity index (χ2n) is 2.95. The van der Waals surface area contributed by atoms with Crippen LogP contribution >= 0.6 is 0 Å². The summed E-state index contributed by atoms with van der Waals surface area (Å²) in [4.78, 5) is 0. The van der Waals surface area contributed by atoms with Gasteiger partial charge in [-0.1, -0.05) is 12.3 Å². The third kappa shape index (κ3) is 2.06. The Labute approximate surface area is 87.6 Å². The van der Waals surface area contributed by atoms with E-state index in [1.54, 1.807) is 7.11 Å². The maximum atomic E-state index is 5.26. The third-order valence-electron chi connectivity index (χ3n) is 2.39. The van der Waals surface area contributed by atoms with Crippen LogP contribution in [0.1, 0.15) is 12.8 Å². The molecule has 2 bridgehead atoms. The van der Waals surface area contributed by atoms with E-state index in [-0.39, 0.29) is 32.8 Å². The van der Waals surface area contributed by atoms with Crippen molar-refractivity contribution in [2.75, 3.05) is 7.11 Å². The Morgan fingerprint density at radius 1 is 1.45 bits per heavy atom. The van der Waals surface area contributed by atoms with Crippen molar-refractivity contribution in [3.63, 3.8) is 0 Å². The molecule has 2 aliphatic carbocycles. The molecule has 3 heteroatoms. The zero-order chi connectivity index (χ0) is 6.27. The van der Waals surface area contributed by atoms with Crippen molar-refractivity contribution < 1.29 is 37.6 Å². The Hall–Kier alpha value is 0.652. The summed E-state index contributed by atoms with van der Waals surface area (Å²) in [6.07, 6.45) is 8.52. The SMILES string of the molecule is COC1CC2C=[C-]C1C2.[Cl-].[Pd+2]. The number of fused-ring (bicyclic) bond motifs is 2. The van der Waals surface area contributed by atoms with E-state index in [4.69, 9.17) is 4.74 Å². The van der Waals surface area contributed by atoms with Gasteiger partial charge in [-0.05, 0) is 6.42 Å². The summed E-state index contributed by atoms with van der Waals surface area (Å²) >= 11 is 0. The zero-order valence-corrected chi connectivity index (χ0v) is 8.64. The fourth-order valence-corrected chi connectivity index (χ4v) is 1.87. The van der Waals surface area contributed by atoms with Crippen LogP contribution < -0.4 is 12.4 Å². The van der Waals surface area contributed by atoms with Crippen LogP contribution in [0.15, 0.2) is 6.08 Å². The average Bonchev–Trinajstić information content (AvgIpc) is 2.45. The Balaban J connectivity index is 0.000000500. The van der Waals surface area contributed by atoms with E-state index in [2.05, 4.69) is 12.2 Å². The summed E-state index contributed by atoms with van der Waals surface area (Å²) in [5, 5.41) is 0. The Morgan fingerprint density at radius 3 is 2.45 bits per heavy atom. The number of hydrogen-bond acceptors (Lipinski definition) is 1. The van der Waals surface area contributed by atoms with Crippen molar-refractivity contribution in [2.45, 2.75) is 18.9 Å². The standard InChI is InChI=1S/C8H11O.ClH.Pd/c1-9-8-5-6-2-3-7(8)4-6;;/h2,6-8H,4-5H2,1H3;1H;/q-1;;+2/p-1. The first-order valence-corrected chi connectivity index (χ1v) is 3.52. The van der Waals surface area contributed by atoms with Gasteiger partial charge in [0.15, 0.2) is 0 Å². The van der Waals surface area contributed by atoms with E-state index in [1.807, 2.05) is 0 Å². The minimum Gasteiger partial charge on any atom is -1.00 e. The molecule has 0 N–H and O–H groups in total. The van der Waals surface area contributed by atoms with Crippen LogP contribution in [-0.4, -0.2) is 13.2 Å². The minimum atomic E-state index is 0. The van der Waals surface area contributed by atoms with Crippen molar-refractivity contribution in [1.82, 2.24) is 0 Å². The first-order chi connectivity index (χ1) is 4.40. The molecule has 0 aromatic heterocycles. The van der Waals surface area contributed by atoms with Gasteiger partial charge in [0.25, 0.3) is 0 Å². The second-order valence-corrected chi connectivity index (χ2v) is 2.95. The van der Waals surface area contributed by atoms with Gasteiger partial charge in [0, 0.05) is 13.2 Å². The summed E-state index contributed by atoms with van der Waals surface area (Å²) in [6, 6.07) is 0. The summed E-state index contributed by atoms with van der Waals surface area (Å²) in [5.74, 6) is 1.42. The van der Waals surface area contributed by atoms with Gasteiger partial charge in [-0.2, -0.15) is 0 Å². The second kappa shape index (κ2) is 4.62. The fourth-order valence-electron chi connectivity index (χ4n) is 1.87. The molecular formula is C8H11ClOPd. The topological polar surface area (TPSA) is 9.23 Å². The van der Waals surface area contributed by atoms with Gasteiger partial charge in [-0.25, -0.2) is 0 Å². The molecule has 0 radical (unpaired) electrons. The quantitative estimate of drug-likeness (QED) is 0.410. The number of allylic oxidation sites excluding steroid dienone is 1. The molecule has 66 valence electrons. The summed E-state index contributed by atoms with van der Waals surface area (Å²) in [6.45, 7) is 0. The molecular weight excluding hydrogens is 254 g/mol. The molecule has 1 nitrogen and oxygen atoms in total. The van der Waals surface area contributed by atoms with E-state index >= 15 is 0 Å². The van der Waals surface area contributed by atoms with Gasteiger partial charge in [-0.3, -0.25) is 6.08 Å². The van der Waals surface area contributed by atoms with Crippen molar-refractivity contribution in [1.29, 1.82) is 0 Å². The van der Waals surface area contributed by atoms with Crippen molar-refractivity contribution in [3.05, 3.63) is 12.2 Å². The Morgan fingerprint density at radius 2 is 2.18 bits per heavy atom. The first kappa shape index (κ1) is 11.7. The van der Waals surface area contributed by atoms with E-state index in [9.17, 15) is 0 Å². The van der Waals surface area contributed by atoms with Crippen LogP contribution in [-0.2, 0) is 25.2 Å². The molecule has 0 aromatic carbocycles. The van der Waals surface area contributed by atoms with Crippen LogP contribution in [0, 0.1) is 17.9 Å². The number of methoxy groups -OCH3 is 1. The normalized spacial score (nSPS) is 38.1. The zero-order valence-electron chi connectivity index (χ0n) is 6.33. The van der Waals surface area contributed by atoms with Crippen LogP contribution in [0.2, 0.25) is 0 Å². The largest absolute Gasteiger partial charge is 2.00 e. The average molecular weight is 265 g/mol. The molecule has 0 aromatic rings. The van der Waals surface area contributed by atoms with E-state index in [1.165, 1.54) is 12.8 Å². The van der Waals surface area contributed by atoms with Crippen molar-refractivity contribution in [2.24, 2.45) is 11.8 Å². The monoisotopic (exact) mass is 264 g/mol. The maximum Gasteiger partial charge on any atom is 2.00 e. The van der Waals surface area contributed by atoms with E-state index in [0.29, 0.717) is 12.0 Å². The maximum absolute atomic E-state index is 5.26. The number of halogens is 1. The van der Waals surface area contributed by atoms with Gasteiger partial charge in [0.05, 0.1) is 0 Å². The summed E-state index contributed by atoms with van der Waals surface area (Å²) in [5.41, 5.74) is 0. The van der Waals surface area contributed by atoms with E-state index < -0.39 is 0 Å². The summed E-state index contributed by atoms with van der Waals surface area (Å²) < 4.78 is 5.26. The Kier molecular flexibility index (Phi) is 4.90. The smallest absolute Gasteiger partial charge is 1.00 e. The molecule has 0 aliphatic heterocycles. The number of hydrogen-bond donors (Lipinski definition) is 0. The minimum absolute atomic E-state index is 0. The molecule has 11 heavy (non-hydrogen) atoms. The fraction of sp³-hybridized carbons (Fsp3) is 0.750. The number of ether oxygens (including phenoxy) is 1. The molecule has 2 aliphatic rings. The summed E-state index contributed by atoms with van der Waals surface area (Å²) in [7, 11) is 1.80. The molecule has 1 fully saturated rings. The van der Waals surface area contributed by atoms with Gasteiger partial charge in [-0.15, -0.1) is 5.92 Å². The van der Waals surface area contributed by atoms with Gasteiger partial charge in [0.2, 0.25) is 0 Å². The molecule has 0 amide bonds. The van der Waals surface area contributed by atoms with E-state index in [0.717, 1.165) is 5.92 Å². The molecule has 0 spiro atoms. The molecule has 2 rings (SSSR count). The third-order valence-corrected chi connectivity index (χ3v) is 2.39. The van der Waals surface area contributed by atoms with Gasteiger partial charge < -0.3 is 23.2 Å². The predicted molar refractivity (Wildman–Crippen MR) is 34.8 cm³/mol. The van der Waals surface area contributed by atoms with Crippen molar-refractivity contribution in [3.8, 4) is 0 Å². The molecule has 1 saturated carbocycles. The van der Waals surface area contributed by atoms with Crippen LogP contribution in [0.3, 0.4) is 0 Å². The molecule has 3 unspecified atom stereocenters. The first-order valence-electron chi connectivity index (χ1n) is 3.52. The van der Waals surface area contributed by atoms with Gasteiger partial charge in [0.1, 0.15) is 0 Å². The van der Waals surface area contributed by atoms with Crippen LogP contribution in [0.25, 0.3) is 0 Å². The Bertz CT molecular complexity index is 149. The van der Waals surface area contributed by atoms with Crippen LogP contribution in [0.5, 0.6) is 0 Å². The molecule has 0 heterocycles. The molecule has 0 saturated heterocycles. The van der Waals surface area contributed by atoms with Crippen molar-refractivity contribution >= 4 is 0 Å². The van der Waals surface area contributed by atoms with Crippen LogP contribution in [0.4, 0.5) is 0 Å².